The van der Waals surface area contributed by atoms with E-state index in [0.29, 0.717) is 17.1 Å². The van der Waals surface area contributed by atoms with Crippen molar-refractivity contribution in [2.24, 2.45) is 0 Å². The second-order valence-corrected chi connectivity index (χ2v) is 3.70. The fraction of sp³-hybridized carbons (Fsp3) is 0.0714. The van der Waals surface area contributed by atoms with Crippen molar-refractivity contribution in [3.63, 3.8) is 0 Å². The van der Waals surface area contributed by atoms with Gasteiger partial charge in [0.25, 0.3) is 0 Å². The first-order valence-electron chi connectivity index (χ1n) is 5.28. The molecule has 3 heteroatoms. The summed E-state index contributed by atoms with van der Waals surface area (Å²) in [4.78, 5) is 0. The second kappa shape index (κ2) is 3.84. The maximum atomic E-state index is 9.26. The van der Waals surface area contributed by atoms with Crippen molar-refractivity contribution < 1.29 is 9.47 Å². The molecular weight excluding hydrogens is 214 g/mol. The summed E-state index contributed by atoms with van der Waals surface area (Å²) in [5.74, 6) is 1.19. The Hall–Kier alpha value is -2.47. The Morgan fingerprint density at radius 1 is 1.00 bits per heavy atom. The first-order chi connectivity index (χ1) is 8.40. The molecule has 0 aliphatic carbocycles. The molecule has 1 heterocycles. The third kappa shape index (κ3) is 1.51. The van der Waals surface area contributed by atoms with E-state index in [1.807, 2.05) is 42.5 Å². The van der Waals surface area contributed by atoms with Gasteiger partial charge in [-0.1, -0.05) is 30.3 Å². The number of fused-ring (bicyclic) bond motifs is 1. The van der Waals surface area contributed by atoms with Gasteiger partial charge in [-0.15, -0.1) is 0 Å². The topological polar surface area (TPSA) is 42.2 Å². The van der Waals surface area contributed by atoms with Gasteiger partial charge >= 0.3 is 0 Å². The monoisotopic (exact) mass is 223 g/mol. The van der Waals surface area contributed by atoms with Crippen LogP contribution in [0.4, 0.5) is 0 Å². The summed E-state index contributed by atoms with van der Waals surface area (Å²) in [5.41, 5.74) is 2.41. The highest BCUT2D eigenvalue weighted by atomic mass is 16.7. The lowest BCUT2D eigenvalue weighted by atomic mass is 9.99. The minimum Gasteiger partial charge on any atom is -0.454 e. The van der Waals surface area contributed by atoms with Crippen molar-refractivity contribution in [1.82, 2.24) is 0 Å². The normalized spacial score (nSPS) is 12.2. The van der Waals surface area contributed by atoms with E-state index in [-0.39, 0.29) is 6.79 Å². The molecule has 0 spiro atoms. The highest BCUT2D eigenvalue weighted by molar-refractivity contribution is 5.76. The first kappa shape index (κ1) is 9.73. The van der Waals surface area contributed by atoms with Crippen molar-refractivity contribution in [3.05, 3.63) is 48.0 Å². The highest BCUT2D eigenvalue weighted by Crippen LogP contribution is 2.40. The molecule has 0 saturated carbocycles. The minimum absolute atomic E-state index is 0.183. The van der Waals surface area contributed by atoms with Crippen LogP contribution in [0.3, 0.4) is 0 Å². The number of nitriles is 1. The third-order valence-corrected chi connectivity index (χ3v) is 2.74. The zero-order chi connectivity index (χ0) is 11.7. The van der Waals surface area contributed by atoms with Crippen LogP contribution in [-0.2, 0) is 0 Å². The Morgan fingerprint density at radius 2 is 1.82 bits per heavy atom. The molecule has 0 unspecified atom stereocenters. The lowest BCUT2D eigenvalue weighted by Gasteiger charge is -2.06. The summed E-state index contributed by atoms with van der Waals surface area (Å²) >= 11 is 0. The molecule has 17 heavy (non-hydrogen) atoms. The van der Waals surface area contributed by atoms with Crippen LogP contribution in [0.5, 0.6) is 11.5 Å². The van der Waals surface area contributed by atoms with E-state index in [0.717, 1.165) is 11.1 Å². The molecule has 0 aromatic heterocycles. The molecule has 1 aliphatic heterocycles. The molecule has 3 rings (SSSR count). The average molecular weight is 223 g/mol. The predicted octanol–water partition coefficient (Wildman–Crippen LogP) is 2.95. The smallest absolute Gasteiger partial charge is 0.231 e. The average Bonchev–Trinajstić information content (AvgIpc) is 2.86. The van der Waals surface area contributed by atoms with Crippen molar-refractivity contribution in [1.29, 1.82) is 5.26 Å². The van der Waals surface area contributed by atoms with Crippen LogP contribution in [-0.4, -0.2) is 6.79 Å². The SMILES string of the molecule is N#Cc1c(-c2ccccc2)ccc2c1OCO2. The van der Waals surface area contributed by atoms with Gasteiger partial charge in [0.15, 0.2) is 11.5 Å². The minimum atomic E-state index is 0.183. The summed E-state index contributed by atoms with van der Waals surface area (Å²) in [5, 5.41) is 9.26. The summed E-state index contributed by atoms with van der Waals surface area (Å²) < 4.78 is 10.6. The quantitative estimate of drug-likeness (QED) is 0.746. The standard InChI is InChI=1S/C14H9NO2/c15-8-12-11(10-4-2-1-3-5-10)6-7-13-14(12)17-9-16-13/h1-7H,9H2. The summed E-state index contributed by atoms with van der Waals surface area (Å²) in [6.45, 7) is 0.183. The number of hydrogen-bond donors (Lipinski definition) is 0. The number of nitrogens with zero attached hydrogens (tertiary/aromatic N) is 1. The second-order valence-electron chi connectivity index (χ2n) is 3.70. The van der Waals surface area contributed by atoms with E-state index in [2.05, 4.69) is 6.07 Å². The van der Waals surface area contributed by atoms with Crippen LogP contribution in [0.25, 0.3) is 11.1 Å². The van der Waals surface area contributed by atoms with E-state index in [4.69, 9.17) is 9.47 Å². The molecular formula is C14H9NO2. The first-order valence-corrected chi connectivity index (χ1v) is 5.28. The van der Waals surface area contributed by atoms with Crippen molar-refractivity contribution in [2.75, 3.05) is 6.79 Å². The zero-order valence-electron chi connectivity index (χ0n) is 9.01. The van der Waals surface area contributed by atoms with Crippen LogP contribution in [0.1, 0.15) is 5.56 Å². The number of hydrogen-bond acceptors (Lipinski definition) is 3. The fourth-order valence-corrected chi connectivity index (χ4v) is 1.94. The molecule has 0 fully saturated rings. The van der Waals surface area contributed by atoms with Crippen molar-refractivity contribution in [3.8, 4) is 28.7 Å². The molecule has 1 aliphatic rings. The molecule has 3 nitrogen and oxygen atoms in total. The molecule has 82 valence electrons. The zero-order valence-corrected chi connectivity index (χ0v) is 9.01. The number of benzene rings is 2. The molecule has 0 amide bonds. The van der Waals surface area contributed by atoms with Gasteiger partial charge in [0.2, 0.25) is 6.79 Å². The molecule has 0 atom stereocenters. The Kier molecular flexibility index (Phi) is 2.20. The Labute approximate surface area is 98.8 Å². The Bertz CT molecular complexity index is 600. The van der Waals surface area contributed by atoms with E-state index in [1.54, 1.807) is 0 Å². The van der Waals surface area contributed by atoms with E-state index >= 15 is 0 Å². The largest absolute Gasteiger partial charge is 0.454 e. The van der Waals surface area contributed by atoms with Crippen LogP contribution in [0.2, 0.25) is 0 Å². The lowest BCUT2D eigenvalue weighted by molar-refractivity contribution is 0.173. The van der Waals surface area contributed by atoms with Gasteiger partial charge in [-0.25, -0.2) is 0 Å². The fourth-order valence-electron chi connectivity index (χ4n) is 1.94. The Morgan fingerprint density at radius 3 is 2.59 bits per heavy atom. The van der Waals surface area contributed by atoms with Crippen LogP contribution in [0, 0.1) is 11.3 Å². The maximum absolute atomic E-state index is 9.26. The van der Waals surface area contributed by atoms with E-state index in [9.17, 15) is 5.26 Å². The maximum Gasteiger partial charge on any atom is 0.231 e. The number of ether oxygens (including phenoxy) is 2. The molecule has 0 N–H and O–H groups in total. The van der Waals surface area contributed by atoms with Gasteiger partial charge < -0.3 is 9.47 Å². The third-order valence-electron chi connectivity index (χ3n) is 2.74. The number of rotatable bonds is 1. The van der Waals surface area contributed by atoms with Gasteiger partial charge in [-0.3, -0.25) is 0 Å². The molecule has 2 aromatic rings. The Balaban J connectivity index is 2.23. The van der Waals surface area contributed by atoms with Gasteiger partial charge in [0.1, 0.15) is 11.6 Å². The van der Waals surface area contributed by atoms with Crippen LogP contribution < -0.4 is 9.47 Å². The van der Waals surface area contributed by atoms with Crippen molar-refractivity contribution in [2.45, 2.75) is 0 Å². The molecule has 0 radical (unpaired) electrons. The molecule has 0 bridgehead atoms. The van der Waals surface area contributed by atoms with Gasteiger partial charge in [0, 0.05) is 5.56 Å². The summed E-state index contributed by atoms with van der Waals surface area (Å²) in [7, 11) is 0. The molecule has 0 saturated heterocycles. The van der Waals surface area contributed by atoms with Crippen LogP contribution >= 0.6 is 0 Å². The van der Waals surface area contributed by atoms with Gasteiger partial charge in [-0.05, 0) is 17.7 Å². The van der Waals surface area contributed by atoms with Crippen LogP contribution in [0.15, 0.2) is 42.5 Å². The lowest BCUT2D eigenvalue weighted by Crippen LogP contribution is -1.94. The van der Waals surface area contributed by atoms with E-state index < -0.39 is 0 Å². The van der Waals surface area contributed by atoms with Crippen molar-refractivity contribution >= 4 is 0 Å². The summed E-state index contributed by atoms with van der Waals surface area (Å²) in [6, 6.07) is 15.7. The van der Waals surface area contributed by atoms with Gasteiger partial charge in [-0.2, -0.15) is 5.26 Å². The van der Waals surface area contributed by atoms with Gasteiger partial charge in [0.05, 0.1) is 0 Å². The summed E-state index contributed by atoms with van der Waals surface area (Å²) in [6.07, 6.45) is 0. The predicted molar refractivity (Wildman–Crippen MR) is 62.7 cm³/mol. The molecule has 2 aromatic carbocycles. The highest BCUT2D eigenvalue weighted by Gasteiger charge is 2.21. The van der Waals surface area contributed by atoms with E-state index in [1.165, 1.54) is 0 Å².